The second-order valence-corrected chi connectivity index (χ2v) is 7.20. The number of hydrogen-bond acceptors (Lipinski definition) is 3. The number of amides is 2. The first-order chi connectivity index (χ1) is 14.1. The van der Waals surface area contributed by atoms with Gasteiger partial charge in [-0.1, -0.05) is 36.4 Å². The lowest BCUT2D eigenvalue weighted by Crippen LogP contribution is -2.30. The molecule has 0 aliphatic rings. The molecule has 6 heteroatoms. The summed E-state index contributed by atoms with van der Waals surface area (Å²) in [6.45, 7) is 2.60. The first kappa shape index (κ1) is 20.6. The van der Waals surface area contributed by atoms with Gasteiger partial charge in [0.05, 0.1) is 6.54 Å². The van der Waals surface area contributed by atoms with Gasteiger partial charge in [-0.2, -0.15) is 0 Å². The molecule has 0 bridgehead atoms. The average molecular weight is 452 g/mol. The summed E-state index contributed by atoms with van der Waals surface area (Å²) >= 11 is 3.44. The molecule has 5 nitrogen and oxygen atoms in total. The fourth-order valence-corrected chi connectivity index (χ4v) is 3.35. The van der Waals surface area contributed by atoms with Crippen molar-refractivity contribution >= 4 is 44.8 Å². The zero-order valence-corrected chi connectivity index (χ0v) is 17.6. The Balaban J connectivity index is 1.66. The van der Waals surface area contributed by atoms with Crippen LogP contribution in [-0.4, -0.2) is 24.9 Å². The molecular weight excluding hydrogens is 430 g/mol. The minimum absolute atomic E-state index is 0.110. The molecule has 0 aliphatic carbocycles. The Morgan fingerprint density at radius 3 is 2.38 bits per heavy atom. The topological polar surface area (TPSA) is 61.4 Å². The van der Waals surface area contributed by atoms with E-state index >= 15 is 0 Å². The molecule has 0 spiro atoms. The first-order valence-corrected chi connectivity index (χ1v) is 10.1. The fraction of sp³-hybridized carbons (Fsp3) is 0.130. The van der Waals surface area contributed by atoms with E-state index in [1.165, 1.54) is 0 Å². The summed E-state index contributed by atoms with van der Waals surface area (Å²) in [5.74, 6) is -0.304. The van der Waals surface area contributed by atoms with Crippen molar-refractivity contribution in [3.05, 3.63) is 88.9 Å². The van der Waals surface area contributed by atoms with Gasteiger partial charge in [-0.25, -0.2) is 0 Å². The van der Waals surface area contributed by atoms with Crippen LogP contribution in [0.3, 0.4) is 0 Å². The molecule has 0 atom stereocenters. The Kier molecular flexibility index (Phi) is 7.03. The summed E-state index contributed by atoms with van der Waals surface area (Å²) < 4.78 is 0.890. The smallest absolute Gasteiger partial charge is 0.258 e. The standard InChI is InChI=1S/C23H22BrN3O2/c1-2-27(19-11-4-3-5-12-19)23(29)17-9-8-10-18(15-17)26-22(28)16-25-21-14-7-6-13-20(21)24/h3-15,25H,2,16H2,1H3,(H,26,28). The first-order valence-electron chi connectivity index (χ1n) is 9.33. The van der Waals surface area contributed by atoms with Crippen LogP contribution in [0.25, 0.3) is 0 Å². The third-order valence-electron chi connectivity index (χ3n) is 4.34. The minimum Gasteiger partial charge on any atom is -0.375 e. The highest BCUT2D eigenvalue weighted by Gasteiger charge is 2.16. The summed E-state index contributed by atoms with van der Waals surface area (Å²) in [4.78, 5) is 27.0. The second kappa shape index (κ2) is 9.89. The van der Waals surface area contributed by atoms with Crippen LogP contribution in [0.2, 0.25) is 0 Å². The Labute approximate surface area is 178 Å². The van der Waals surface area contributed by atoms with Crippen molar-refractivity contribution in [2.75, 3.05) is 28.6 Å². The van der Waals surface area contributed by atoms with Crippen LogP contribution in [0.1, 0.15) is 17.3 Å². The zero-order valence-electron chi connectivity index (χ0n) is 16.1. The van der Waals surface area contributed by atoms with Crippen LogP contribution < -0.4 is 15.5 Å². The van der Waals surface area contributed by atoms with Gasteiger partial charge in [0.2, 0.25) is 5.91 Å². The number of rotatable bonds is 7. The molecule has 0 heterocycles. The maximum Gasteiger partial charge on any atom is 0.258 e. The third-order valence-corrected chi connectivity index (χ3v) is 5.03. The van der Waals surface area contributed by atoms with Crippen molar-refractivity contribution in [1.82, 2.24) is 0 Å². The van der Waals surface area contributed by atoms with Crippen molar-refractivity contribution < 1.29 is 9.59 Å². The van der Waals surface area contributed by atoms with Gasteiger partial charge in [-0.15, -0.1) is 0 Å². The molecule has 0 saturated heterocycles. The van der Waals surface area contributed by atoms with E-state index < -0.39 is 0 Å². The van der Waals surface area contributed by atoms with Gasteiger partial charge in [0, 0.05) is 33.6 Å². The van der Waals surface area contributed by atoms with E-state index in [9.17, 15) is 9.59 Å². The quantitative estimate of drug-likeness (QED) is 0.520. The molecule has 0 fully saturated rings. The number of nitrogens with zero attached hydrogens (tertiary/aromatic N) is 1. The number of para-hydroxylation sites is 2. The largest absolute Gasteiger partial charge is 0.375 e. The van der Waals surface area contributed by atoms with Crippen molar-refractivity contribution in [2.45, 2.75) is 6.92 Å². The van der Waals surface area contributed by atoms with E-state index in [4.69, 9.17) is 0 Å². The van der Waals surface area contributed by atoms with Crippen molar-refractivity contribution in [1.29, 1.82) is 0 Å². The number of carbonyl (C=O) groups is 2. The number of anilines is 3. The summed E-state index contributed by atoms with van der Waals surface area (Å²) in [5, 5.41) is 5.92. The number of benzene rings is 3. The molecule has 0 unspecified atom stereocenters. The van der Waals surface area contributed by atoms with Crippen molar-refractivity contribution in [3.63, 3.8) is 0 Å². The lowest BCUT2D eigenvalue weighted by Gasteiger charge is -2.21. The van der Waals surface area contributed by atoms with Crippen LogP contribution in [-0.2, 0) is 4.79 Å². The Hall–Kier alpha value is -3.12. The van der Waals surface area contributed by atoms with Gasteiger partial charge < -0.3 is 15.5 Å². The molecule has 3 aromatic rings. The van der Waals surface area contributed by atoms with Gasteiger partial charge in [-0.05, 0) is 65.3 Å². The molecule has 0 radical (unpaired) electrons. The lowest BCUT2D eigenvalue weighted by molar-refractivity contribution is -0.114. The maximum absolute atomic E-state index is 13.0. The summed E-state index contributed by atoms with van der Waals surface area (Å²) in [7, 11) is 0. The molecule has 3 rings (SSSR count). The van der Waals surface area contributed by atoms with E-state index in [1.807, 2.05) is 61.5 Å². The molecule has 2 N–H and O–H groups in total. The minimum atomic E-state index is -0.194. The second-order valence-electron chi connectivity index (χ2n) is 6.35. The van der Waals surface area contributed by atoms with E-state index in [2.05, 4.69) is 26.6 Å². The van der Waals surface area contributed by atoms with Crippen molar-refractivity contribution in [3.8, 4) is 0 Å². The van der Waals surface area contributed by atoms with Crippen LogP contribution in [0.5, 0.6) is 0 Å². The average Bonchev–Trinajstić information content (AvgIpc) is 2.74. The summed E-state index contributed by atoms with van der Waals surface area (Å²) in [5.41, 5.74) is 2.78. The highest BCUT2D eigenvalue weighted by molar-refractivity contribution is 9.10. The molecule has 0 aromatic heterocycles. The van der Waals surface area contributed by atoms with Gasteiger partial charge in [0.25, 0.3) is 5.91 Å². The van der Waals surface area contributed by atoms with E-state index in [1.54, 1.807) is 29.2 Å². The van der Waals surface area contributed by atoms with Crippen LogP contribution in [0.4, 0.5) is 17.1 Å². The monoisotopic (exact) mass is 451 g/mol. The van der Waals surface area contributed by atoms with E-state index in [-0.39, 0.29) is 18.4 Å². The number of carbonyl (C=O) groups excluding carboxylic acids is 2. The fourth-order valence-electron chi connectivity index (χ4n) is 2.92. The van der Waals surface area contributed by atoms with Gasteiger partial charge in [-0.3, -0.25) is 9.59 Å². The van der Waals surface area contributed by atoms with Gasteiger partial charge >= 0.3 is 0 Å². The molecule has 0 saturated carbocycles. The number of halogens is 1. The number of nitrogens with one attached hydrogen (secondary N) is 2. The molecule has 0 aliphatic heterocycles. The predicted octanol–water partition coefficient (Wildman–Crippen LogP) is 5.17. The molecule has 3 aromatic carbocycles. The zero-order chi connectivity index (χ0) is 20.6. The molecule has 148 valence electrons. The van der Waals surface area contributed by atoms with Crippen LogP contribution >= 0.6 is 15.9 Å². The highest BCUT2D eigenvalue weighted by Crippen LogP contribution is 2.21. The van der Waals surface area contributed by atoms with Crippen molar-refractivity contribution in [2.24, 2.45) is 0 Å². The van der Waals surface area contributed by atoms with Crippen LogP contribution in [0.15, 0.2) is 83.3 Å². The predicted molar refractivity (Wildman–Crippen MR) is 121 cm³/mol. The molecule has 2 amide bonds. The number of hydrogen-bond donors (Lipinski definition) is 2. The Morgan fingerprint density at radius 2 is 1.66 bits per heavy atom. The highest BCUT2D eigenvalue weighted by atomic mass is 79.9. The molecule has 29 heavy (non-hydrogen) atoms. The SMILES string of the molecule is CCN(C(=O)c1cccc(NC(=O)CNc2ccccc2Br)c1)c1ccccc1. The third kappa shape index (κ3) is 5.45. The lowest BCUT2D eigenvalue weighted by atomic mass is 10.1. The molecular formula is C23H22BrN3O2. The van der Waals surface area contributed by atoms with Gasteiger partial charge in [0.1, 0.15) is 0 Å². The Bertz CT molecular complexity index is 992. The van der Waals surface area contributed by atoms with Gasteiger partial charge in [0.15, 0.2) is 0 Å². The summed E-state index contributed by atoms with van der Waals surface area (Å²) in [6, 6.07) is 24.1. The normalized spacial score (nSPS) is 10.3. The summed E-state index contributed by atoms with van der Waals surface area (Å²) in [6.07, 6.45) is 0. The van der Waals surface area contributed by atoms with E-state index in [0.717, 1.165) is 15.8 Å². The Morgan fingerprint density at radius 1 is 0.931 bits per heavy atom. The maximum atomic E-state index is 13.0. The van der Waals surface area contributed by atoms with Crippen LogP contribution in [0, 0.1) is 0 Å². The van der Waals surface area contributed by atoms with E-state index in [0.29, 0.717) is 17.8 Å².